The van der Waals surface area contributed by atoms with Crippen LogP contribution in [0.5, 0.6) is 0 Å². The molecule has 1 unspecified atom stereocenters. The summed E-state index contributed by atoms with van der Waals surface area (Å²) >= 11 is 0. The van der Waals surface area contributed by atoms with Gasteiger partial charge in [0, 0.05) is 11.6 Å². The average molecular weight is 365 g/mol. The first-order valence-corrected chi connectivity index (χ1v) is 8.42. The van der Waals surface area contributed by atoms with Crippen molar-refractivity contribution in [2.45, 2.75) is 26.9 Å². The average Bonchev–Trinajstić information content (AvgIpc) is 3.06. The Labute approximate surface area is 156 Å². The third-order valence-corrected chi connectivity index (χ3v) is 3.91. The minimum absolute atomic E-state index is 0.269. The van der Waals surface area contributed by atoms with E-state index in [1.165, 1.54) is 6.92 Å². The Morgan fingerprint density at radius 1 is 1.11 bits per heavy atom. The predicted molar refractivity (Wildman–Crippen MR) is 99.2 cm³/mol. The van der Waals surface area contributed by atoms with Crippen molar-refractivity contribution in [2.75, 3.05) is 5.32 Å². The number of esters is 1. The zero-order chi connectivity index (χ0) is 19.4. The molecule has 0 spiro atoms. The van der Waals surface area contributed by atoms with Crippen molar-refractivity contribution in [3.63, 3.8) is 0 Å². The fourth-order valence-electron chi connectivity index (χ4n) is 2.48. The van der Waals surface area contributed by atoms with E-state index in [2.05, 4.69) is 15.5 Å². The number of carbonyl (C=O) groups is 2. The Kier molecular flexibility index (Phi) is 5.30. The summed E-state index contributed by atoms with van der Waals surface area (Å²) in [6.45, 7) is 4.92. The third kappa shape index (κ3) is 4.38. The zero-order valence-electron chi connectivity index (χ0n) is 15.2. The van der Waals surface area contributed by atoms with E-state index in [1.54, 1.807) is 32.0 Å². The van der Waals surface area contributed by atoms with E-state index in [9.17, 15) is 9.59 Å². The molecule has 138 valence electrons. The molecule has 1 amide bonds. The number of ether oxygens (including phenoxy) is 1. The highest BCUT2D eigenvalue weighted by molar-refractivity contribution is 5.97. The maximum atomic E-state index is 12.4. The van der Waals surface area contributed by atoms with Gasteiger partial charge in [0.1, 0.15) is 5.76 Å². The molecular weight excluding hydrogens is 346 g/mol. The van der Waals surface area contributed by atoms with E-state index in [1.807, 2.05) is 30.3 Å². The molecular formula is C20H19N3O4. The first kappa shape index (κ1) is 18.3. The summed E-state index contributed by atoms with van der Waals surface area (Å²) in [5.74, 6) is -0.276. The molecule has 0 bridgehead atoms. The Morgan fingerprint density at radius 2 is 1.85 bits per heavy atom. The highest BCUT2D eigenvalue weighted by atomic mass is 16.5. The van der Waals surface area contributed by atoms with E-state index < -0.39 is 18.0 Å². The van der Waals surface area contributed by atoms with Gasteiger partial charge in [-0.05, 0) is 32.9 Å². The highest BCUT2D eigenvalue weighted by Crippen LogP contribution is 2.19. The number of rotatable bonds is 5. The number of amides is 1. The molecule has 1 N–H and O–H groups in total. The summed E-state index contributed by atoms with van der Waals surface area (Å²) in [4.78, 5) is 29.0. The molecule has 0 aliphatic heterocycles. The van der Waals surface area contributed by atoms with E-state index in [4.69, 9.17) is 9.26 Å². The van der Waals surface area contributed by atoms with Crippen LogP contribution in [0.1, 0.15) is 28.7 Å². The summed E-state index contributed by atoms with van der Waals surface area (Å²) in [6.07, 6.45) is -0.997. The van der Waals surface area contributed by atoms with Gasteiger partial charge in [-0.15, -0.1) is 0 Å². The quantitative estimate of drug-likeness (QED) is 0.695. The first-order valence-electron chi connectivity index (χ1n) is 8.42. The molecule has 0 aliphatic rings. The summed E-state index contributed by atoms with van der Waals surface area (Å²) in [7, 11) is 0. The fourth-order valence-corrected chi connectivity index (χ4v) is 2.48. The number of benzene rings is 1. The molecule has 1 atom stereocenters. The largest absolute Gasteiger partial charge is 0.449 e. The van der Waals surface area contributed by atoms with Crippen molar-refractivity contribution in [3.8, 4) is 11.3 Å². The SMILES string of the molecule is Cc1cc(NC(=O)C(C)OC(=O)c2ccc(-c3ccccc3)nc2C)no1. The Hall–Kier alpha value is -3.48. The lowest BCUT2D eigenvalue weighted by Gasteiger charge is -2.13. The van der Waals surface area contributed by atoms with Crippen molar-refractivity contribution in [3.05, 3.63) is 65.5 Å². The van der Waals surface area contributed by atoms with Crippen molar-refractivity contribution < 1.29 is 18.8 Å². The van der Waals surface area contributed by atoms with Gasteiger partial charge in [0.2, 0.25) is 0 Å². The molecule has 0 radical (unpaired) electrons. The second-order valence-corrected chi connectivity index (χ2v) is 6.06. The number of carbonyl (C=O) groups excluding carboxylic acids is 2. The first-order chi connectivity index (χ1) is 12.9. The molecule has 0 saturated heterocycles. The maximum Gasteiger partial charge on any atom is 0.340 e. The number of hydrogen-bond acceptors (Lipinski definition) is 6. The summed E-state index contributed by atoms with van der Waals surface area (Å²) in [5.41, 5.74) is 2.56. The number of pyridine rings is 1. The Bertz CT molecular complexity index is 966. The van der Waals surface area contributed by atoms with Gasteiger partial charge in [-0.2, -0.15) is 0 Å². The second kappa shape index (κ2) is 7.82. The Balaban J connectivity index is 1.67. The normalized spacial score (nSPS) is 11.7. The Morgan fingerprint density at radius 3 is 2.48 bits per heavy atom. The van der Waals surface area contributed by atoms with Crippen molar-refractivity contribution >= 4 is 17.7 Å². The molecule has 7 nitrogen and oxygen atoms in total. The van der Waals surface area contributed by atoms with Crippen molar-refractivity contribution in [2.24, 2.45) is 0 Å². The van der Waals surface area contributed by atoms with Crippen LogP contribution in [0.4, 0.5) is 5.82 Å². The molecule has 1 aromatic carbocycles. The summed E-state index contributed by atoms with van der Waals surface area (Å²) in [5, 5.41) is 6.20. The zero-order valence-corrected chi connectivity index (χ0v) is 15.2. The van der Waals surface area contributed by atoms with Crippen LogP contribution in [0.2, 0.25) is 0 Å². The number of aryl methyl sites for hydroxylation is 2. The molecule has 3 rings (SSSR count). The number of nitrogens with one attached hydrogen (secondary N) is 1. The van der Waals surface area contributed by atoms with Crippen molar-refractivity contribution in [1.29, 1.82) is 0 Å². The standard InChI is InChI=1S/C20H19N3O4/c1-12-11-18(23-27-12)22-19(24)14(3)26-20(25)16-9-10-17(21-13(16)2)15-7-5-4-6-8-15/h4-11,14H,1-3H3,(H,22,23,24). The molecule has 27 heavy (non-hydrogen) atoms. The monoisotopic (exact) mass is 365 g/mol. The van der Waals surface area contributed by atoms with Crippen LogP contribution in [0.15, 0.2) is 53.1 Å². The van der Waals surface area contributed by atoms with E-state index in [-0.39, 0.29) is 5.82 Å². The van der Waals surface area contributed by atoms with E-state index in [0.717, 1.165) is 11.3 Å². The molecule has 0 saturated carbocycles. The van der Waals surface area contributed by atoms with E-state index in [0.29, 0.717) is 17.0 Å². The smallest absolute Gasteiger partial charge is 0.340 e. The van der Waals surface area contributed by atoms with Crippen LogP contribution < -0.4 is 5.32 Å². The lowest BCUT2D eigenvalue weighted by atomic mass is 10.1. The van der Waals surface area contributed by atoms with E-state index >= 15 is 0 Å². The van der Waals surface area contributed by atoms with Crippen LogP contribution in [-0.2, 0) is 9.53 Å². The van der Waals surface area contributed by atoms with Gasteiger partial charge >= 0.3 is 5.97 Å². The van der Waals surface area contributed by atoms with Gasteiger partial charge < -0.3 is 14.6 Å². The molecule has 2 aromatic heterocycles. The minimum Gasteiger partial charge on any atom is -0.449 e. The van der Waals surface area contributed by atoms with Crippen molar-refractivity contribution in [1.82, 2.24) is 10.1 Å². The van der Waals surface area contributed by atoms with Crippen LogP contribution in [-0.4, -0.2) is 28.1 Å². The predicted octanol–water partition coefficient (Wildman–Crippen LogP) is 3.54. The molecule has 7 heteroatoms. The lowest BCUT2D eigenvalue weighted by Crippen LogP contribution is -2.30. The van der Waals surface area contributed by atoms with Gasteiger partial charge in [-0.25, -0.2) is 4.79 Å². The molecule has 0 aliphatic carbocycles. The van der Waals surface area contributed by atoms with Gasteiger partial charge in [-0.1, -0.05) is 35.5 Å². The van der Waals surface area contributed by atoms with Gasteiger partial charge in [-0.3, -0.25) is 9.78 Å². The number of aromatic nitrogens is 2. The minimum atomic E-state index is -0.997. The maximum absolute atomic E-state index is 12.4. The van der Waals surface area contributed by atoms with Crippen LogP contribution in [0.3, 0.4) is 0 Å². The molecule has 0 fully saturated rings. The van der Waals surface area contributed by atoms with Crippen LogP contribution in [0.25, 0.3) is 11.3 Å². The molecule has 3 aromatic rings. The fraction of sp³-hybridized carbons (Fsp3) is 0.200. The van der Waals surface area contributed by atoms with Gasteiger partial charge in [0.05, 0.1) is 17.0 Å². The lowest BCUT2D eigenvalue weighted by molar-refractivity contribution is -0.123. The number of anilines is 1. The van der Waals surface area contributed by atoms with Crippen LogP contribution >= 0.6 is 0 Å². The third-order valence-electron chi connectivity index (χ3n) is 3.91. The molecule has 2 heterocycles. The van der Waals surface area contributed by atoms with Gasteiger partial charge in [0.25, 0.3) is 5.91 Å². The highest BCUT2D eigenvalue weighted by Gasteiger charge is 2.21. The summed E-state index contributed by atoms with van der Waals surface area (Å²) < 4.78 is 10.1. The topological polar surface area (TPSA) is 94.3 Å². The number of nitrogens with zero attached hydrogens (tertiary/aromatic N) is 2. The van der Waals surface area contributed by atoms with Gasteiger partial charge in [0.15, 0.2) is 11.9 Å². The second-order valence-electron chi connectivity index (χ2n) is 6.06. The van der Waals surface area contributed by atoms with Crippen LogP contribution in [0, 0.1) is 13.8 Å². The summed E-state index contributed by atoms with van der Waals surface area (Å²) in [6, 6.07) is 14.6. The number of hydrogen-bond donors (Lipinski definition) is 1.